The van der Waals surface area contributed by atoms with E-state index < -0.39 is 16.1 Å². The summed E-state index contributed by atoms with van der Waals surface area (Å²) >= 11 is 6.00. The first-order valence-corrected chi connectivity index (χ1v) is 10.4. The van der Waals surface area contributed by atoms with E-state index in [2.05, 4.69) is 25.3 Å². The number of sulfonamides is 1. The Hall–Kier alpha value is -3.17. The molecular weight excluding hydrogens is 414 g/mol. The first-order valence-electron chi connectivity index (χ1n) is 8.51. The Morgan fingerprint density at radius 3 is 2.31 bits per heavy atom. The third-order valence-electron chi connectivity index (χ3n) is 3.75. The highest BCUT2D eigenvalue weighted by Crippen LogP contribution is 2.21. The van der Waals surface area contributed by atoms with Crippen LogP contribution in [0.2, 0.25) is 5.02 Å². The van der Waals surface area contributed by atoms with Gasteiger partial charge in [-0.05, 0) is 50.2 Å². The average Bonchev–Trinajstić information content (AvgIpc) is 2.63. The number of anilines is 3. The van der Waals surface area contributed by atoms with Crippen molar-refractivity contribution in [3.8, 4) is 0 Å². The lowest BCUT2D eigenvalue weighted by atomic mass is 10.3. The van der Waals surface area contributed by atoms with Crippen LogP contribution in [0.25, 0.3) is 0 Å². The maximum atomic E-state index is 12.6. The molecule has 2 amide bonds. The molecule has 150 valence electrons. The number of benzene rings is 2. The molecule has 0 saturated carbocycles. The zero-order valence-electron chi connectivity index (χ0n) is 15.6. The van der Waals surface area contributed by atoms with Gasteiger partial charge < -0.3 is 10.6 Å². The van der Waals surface area contributed by atoms with Gasteiger partial charge in [0.25, 0.3) is 10.0 Å². The molecule has 0 aliphatic carbocycles. The van der Waals surface area contributed by atoms with Crippen molar-refractivity contribution >= 4 is 44.8 Å². The first-order chi connectivity index (χ1) is 13.7. The minimum Gasteiger partial charge on any atom is -0.308 e. The lowest BCUT2D eigenvalue weighted by Crippen LogP contribution is -2.19. The van der Waals surface area contributed by atoms with Crippen LogP contribution >= 0.6 is 11.6 Å². The number of urea groups is 1. The number of rotatable bonds is 5. The molecule has 29 heavy (non-hydrogen) atoms. The minimum atomic E-state index is -3.83. The lowest BCUT2D eigenvalue weighted by molar-refractivity contribution is 0.262. The molecule has 10 heteroatoms. The van der Waals surface area contributed by atoms with Gasteiger partial charge in [-0.2, -0.15) is 0 Å². The Balaban J connectivity index is 1.69. The van der Waals surface area contributed by atoms with Crippen LogP contribution in [0, 0.1) is 13.8 Å². The number of hydrogen-bond acceptors (Lipinski definition) is 5. The SMILES string of the molecule is Cc1cc(NS(=O)(=O)c2ccc(NC(=O)Nc3ccccc3Cl)cc2)nc(C)n1. The Morgan fingerprint density at radius 1 is 0.966 bits per heavy atom. The quantitative estimate of drug-likeness (QED) is 0.560. The number of carbonyl (C=O) groups excluding carboxylic acids is 1. The van der Waals surface area contributed by atoms with E-state index in [-0.39, 0.29) is 10.7 Å². The third-order valence-corrected chi connectivity index (χ3v) is 5.45. The molecule has 0 unspecified atom stereocenters. The van der Waals surface area contributed by atoms with Crippen LogP contribution in [0.5, 0.6) is 0 Å². The second-order valence-corrected chi connectivity index (χ2v) is 8.22. The van der Waals surface area contributed by atoms with Crippen molar-refractivity contribution in [3.63, 3.8) is 0 Å². The van der Waals surface area contributed by atoms with E-state index >= 15 is 0 Å². The summed E-state index contributed by atoms with van der Waals surface area (Å²) in [5.74, 6) is 0.656. The van der Waals surface area contributed by atoms with Gasteiger partial charge in [0, 0.05) is 17.4 Å². The van der Waals surface area contributed by atoms with Crippen LogP contribution in [-0.4, -0.2) is 24.4 Å². The minimum absolute atomic E-state index is 0.0310. The molecule has 3 rings (SSSR count). The van der Waals surface area contributed by atoms with Crippen molar-refractivity contribution < 1.29 is 13.2 Å². The van der Waals surface area contributed by atoms with Crippen LogP contribution in [0.4, 0.5) is 22.0 Å². The van der Waals surface area contributed by atoms with E-state index in [4.69, 9.17) is 11.6 Å². The lowest BCUT2D eigenvalue weighted by Gasteiger charge is -2.11. The summed E-state index contributed by atoms with van der Waals surface area (Å²) in [6.07, 6.45) is 0. The van der Waals surface area contributed by atoms with Gasteiger partial charge in [0.05, 0.1) is 15.6 Å². The van der Waals surface area contributed by atoms with E-state index in [0.717, 1.165) is 0 Å². The van der Waals surface area contributed by atoms with Gasteiger partial charge in [-0.25, -0.2) is 23.2 Å². The molecule has 0 spiro atoms. The van der Waals surface area contributed by atoms with E-state index in [0.29, 0.717) is 27.9 Å². The number of carbonyl (C=O) groups is 1. The smallest absolute Gasteiger partial charge is 0.308 e. The predicted octanol–water partition coefficient (Wildman–Crippen LogP) is 4.19. The zero-order valence-corrected chi connectivity index (χ0v) is 17.2. The summed E-state index contributed by atoms with van der Waals surface area (Å²) in [5, 5.41) is 5.64. The second-order valence-electron chi connectivity index (χ2n) is 6.13. The first kappa shape index (κ1) is 20.6. The summed E-state index contributed by atoms with van der Waals surface area (Å²) < 4.78 is 27.5. The van der Waals surface area contributed by atoms with Crippen molar-refractivity contribution in [1.82, 2.24) is 9.97 Å². The van der Waals surface area contributed by atoms with Gasteiger partial charge >= 0.3 is 6.03 Å². The fraction of sp³-hybridized carbons (Fsp3) is 0.105. The van der Waals surface area contributed by atoms with Crippen molar-refractivity contribution in [3.05, 3.63) is 71.1 Å². The maximum Gasteiger partial charge on any atom is 0.323 e. The molecule has 1 aromatic heterocycles. The van der Waals surface area contributed by atoms with Crippen molar-refractivity contribution in [2.75, 3.05) is 15.4 Å². The van der Waals surface area contributed by atoms with Gasteiger partial charge in [0.2, 0.25) is 0 Å². The highest BCUT2D eigenvalue weighted by molar-refractivity contribution is 7.92. The molecule has 3 aromatic rings. The summed E-state index contributed by atoms with van der Waals surface area (Å²) in [4.78, 5) is 20.3. The van der Waals surface area contributed by atoms with Gasteiger partial charge in [0.15, 0.2) is 0 Å². The molecule has 8 nitrogen and oxygen atoms in total. The van der Waals surface area contributed by atoms with Crippen LogP contribution in [-0.2, 0) is 10.0 Å². The number of amides is 2. The number of halogens is 1. The molecule has 2 aromatic carbocycles. The Kier molecular flexibility index (Phi) is 6.00. The molecule has 0 atom stereocenters. The van der Waals surface area contributed by atoms with E-state index in [9.17, 15) is 13.2 Å². The Morgan fingerprint density at radius 2 is 1.66 bits per heavy atom. The number of hydrogen-bond donors (Lipinski definition) is 3. The molecule has 0 saturated heterocycles. The van der Waals surface area contributed by atoms with Crippen LogP contribution in [0.1, 0.15) is 11.5 Å². The zero-order chi connectivity index (χ0) is 21.0. The Labute approximate surface area is 173 Å². The van der Waals surface area contributed by atoms with E-state index in [1.54, 1.807) is 44.2 Å². The number of nitrogens with zero attached hydrogens (tertiary/aromatic N) is 2. The van der Waals surface area contributed by atoms with Crippen LogP contribution in [0.3, 0.4) is 0 Å². The second kappa shape index (κ2) is 8.46. The van der Waals surface area contributed by atoms with Crippen molar-refractivity contribution in [1.29, 1.82) is 0 Å². The summed E-state index contributed by atoms with van der Waals surface area (Å²) in [6.45, 7) is 3.43. The summed E-state index contributed by atoms with van der Waals surface area (Å²) in [7, 11) is -3.83. The topological polar surface area (TPSA) is 113 Å². The fourth-order valence-electron chi connectivity index (χ4n) is 2.53. The standard InChI is InChI=1S/C19H18ClN5O3S/c1-12-11-18(22-13(2)21-12)25-29(27,28)15-9-7-14(8-10-15)23-19(26)24-17-6-4-3-5-16(17)20/h3-11H,1-2H3,(H,21,22,25)(H2,23,24,26). The van der Waals surface area contributed by atoms with Gasteiger partial charge in [0.1, 0.15) is 11.6 Å². The molecule has 0 bridgehead atoms. The van der Waals surface area contributed by atoms with Crippen LogP contribution in [0.15, 0.2) is 59.5 Å². The monoisotopic (exact) mass is 431 g/mol. The molecule has 0 fully saturated rings. The maximum absolute atomic E-state index is 12.6. The number of para-hydroxylation sites is 1. The normalized spacial score (nSPS) is 11.0. The van der Waals surface area contributed by atoms with Crippen molar-refractivity contribution in [2.45, 2.75) is 18.7 Å². The summed E-state index contributed by atoms with van der Waals surface area (Å²) in [5.41, 5.74) is 1.53. The highest BCUT2D eigenvalue weighted by atomic mass is 35.5. The molecule has 0 aliphatic heterocycles. The molecule has 0 aliphatic rings. The van der Waals surface area contributed by atoms with Gasteiger partial charge in [-0.15, -0.1) is 0 Å². The predicted molar refractivity (Wildman–Crippen MR) is 113 cm³/mol. The van der Waals surface area contributed by atoms with Crippen molar-refractivity contribution in [2.24, 2.45) is 0 Å². The Bertz CT molecular complexity index is 1130. The van der Waals surface area contributed by atoms with E-state index in [1.807, 2.05) is 0 Å². The average molecular weight is 432 g/mol. The summed E-state index contributed by atoms with van der Waals surface area (Å²) in [6, 6.07) is 13.6. The molecule has 1 heterocycles. The number of aryl methyl sites for hydroxylation is 2. The highest BCUT2D eigenvalue weighted by Gasteiger charge is 2.16. The number of nitrogens with one attached hydrogen (secondary N) is 3. The fourth-order valence-corrected chi connectivity index (χ4v) is 3.71. The molecule has 3 N–H and O–H groups in total. The number of aromatic nitrogens is 2. The largest absolute Gasteiger partial charge is 0.323 e. The van der Waals surface area contributed by atoms with Gasteiger partial charge in [-0.3, -0.25) is 4.72 Å². The third kappa shape index (κ3) is 5.43. The van der Waals surface area contributed by atoms with Gasteiger partial charge in [-0.1, -0.05) is 23.7 Å². The molecule has 0 radical (unpaired) electrons. The van der Waals surface area contributed by atoms with Crippen LogP contribution < -0.4 is 15.4 Å². The van der Waals surface area contributed by atoms with E-state index in [1.165, 1.54) is 24.3 Å². The molecular formula is C19H18ClN5O3S.